The molecular formula is C43H54N4O4. The van der Waals surface area contributed by atoms with Crippen LogP contribution in [0.3, 0.4) is 0 Å². The lowest BCUT2D eigenvalue weighted by Gasteiger charge is -2.39. The van der Waals surface area contributed by atoms with Crippen molar-refractivity contribution in [2.24, 2.45) is 29.6 Å². The molecule has 1 saturated heterocycles. The molecule has 8 heteroatoms. The third-order valence-corrected chi connectivity index (χ3v) is 11.4. The molecule has 0 bridgehead atoms. The van der Waals surface area contributed by atoms with Crippen LogP contribution in [0.5, 0.6) is 0 Å². The average Bonchev–Trinajstić information content (AvgIpc) is 3.11. The number of aromatic nitrogens is 2. The topological polar surface area (TPSA) is 112 Å². The van der Waals surface area contributed by atoms with Crippen molar-refractivity contribution >= 4 is 23.4 Å². The van der Waals surface area contributed by atoms with Crippen LogP contribution >= 0.6 is 0 Å². The van der Waals surface area contributed by atoms with Gasteiger partial charge in [-0.1, -0.05) is 88.9 Å². The van der Waals surface area contributed by atoms with E-state index in [1.54, 1.807) is 12.1 Å². The van der Waals surface area contributed by atoms with Gasteiger partial charge >= 0.3 is 5.97 Å². The van der Waals surface area contributed by atoms with Crippen LogP contribution in [0, 0.1) is 29.6 Å². The number of rotatable bonds is 13. The molecule has 270 valence electrons. The maximum absolute atomic E-state index is 13.5. The van der Waals surface area contributed by atoms with E-state index >= 15 is 0 Å². The van der Waals surface area contributed by atoms with Gasteiger partial charge in [-0.15, -0.1) is 0 Å². The molecule has 0 spiro atoms. The summed E-state index contributed by atoms with van der Waals surface area (Å²) < 4.78 is 0. The lowest BCUT2D eigenvalue weighted by molar-refractivity contribution is -0.153. The van der Waals surface area contributed by atoms with Gasteiger partial charge in [0.15, 0.2) is 5.82 Å². The normalized spacial score (nSPS) is 21.5. The summed E-state index contributed by atoms with van der Waals surface area (Å²) in [7, 11) is 0. The van der Waals surface area contributed by atoms with Gasteiger partial charge in [-0.25, -0.2) is 9.97 Å². The Bertz CT molecular complexity index is 1670. The Morgan fingerprint density at radius 3 is 2.08 bits per heavy atom. The summed E-state index contributed by atoms with van der Waals surface area (Å²) in [6, 6.07) is 14.4. The minimum atomic E-state index is -0.911. The largest absolute Gasteiger partial charge is 0.481 e. The van der Waals surface area contributed by atoms with Gasteiger partial charge in [0.25, 0.3) is 5.91 Å². The molecular weight excluding hydrogens is 636 g/mol. The second-order valence-corrected chi connectivity index (χ2v) is 15.6. The second kappa shape index (κ2) is 16.8. The Labute approximate surface area is 303 Å². The lowest BCUT2D eigenvalue weighted by atomic mass is 9.70. The molecule has 2 aliphatic carbocycles. The van der Waals surface area contributed by atoms with Crippen molar-refractivity contribution in [2.75, 3.05) is 13.1 Å². The molecule has 2 N–H and O–H groups in total. The van der Waals surface area contributed by atoms with Gasteiger partial charge in [0.05, 0.1) is 5.92 Å². The summed E-state index contributed by atoms with van der Waals surface area (Å²) in [5.41, 5.74) is 5.84. The van der Waals surface area contributed by atoms with Crippen LogP contribution in [-0.2, 0) is 22.4 Å². The SMILES string of the molecule is CCCC1CCC(C2CC=C(c3cnc(-c4ccc(CC(NC(=O)c5ccc(CC(C)C)cc5)C(=O)N5CC(C(=O)O)C5)cc4)nc3)CC2)CC1. The number of carboxylic acid groups (broad SMARTS) is 1. The van der Waals surface area contributed by atoms with Gasteiger partial charge in [-0.05, 0) is 91.0 Å². The fourth-order valence-electron chi connectivity index (χ4n) is 8.31. The number of benzene rings is 2. The van der Waals surface area contributed by atoms with Crippen LogP contribution in [0.25, 0.3) is 17.0 Å². The number of carbonyl (C=O) groups is 3. The molecule has 2 aromatic carbocycles. The number of carboxylic acids is 1. The monoisotopic (exact) mass is 690 g/mol. The molecule has 6 rings (SSSR count). The van der Waals surface area contributed by atoms with E-state index in [0.29, 0.717) is 17.3 Å². The van der Waals surface area contributed by atoms with Gasteiger partial charge in [-0.3, -0.25) is 14.4 Å². The number of allylic oxidation sites excluding steroid dienone is 2. The zero-order valence-electron chi connectivity index (χ0n) is 30.5. The second-order valence-electron chi connectivity index (χ2n) is 15.6. The summed E-state index contributed by atoms with van der Waals surface area (Å²) in [6.45, 7) is 6.91. The van der Waals surface area contributed by atoms with Crippen LogP contribution in [0.4, 0.5) is 0 Å². The summed E-state index contributed by atoms with van der Waals surface area (Å²) in [5.74, 6) is 1.71. The van der Waals surface area contributed by atoms with Gasteiger partial charge in [0.2, 0.25) is 5.91 Å². The highest BCUT2D eigenvalue weighted by atomic mass is 16.4. The van der Waals surface area contributed by atoms with Crippen LogP contribution in [-0.4, -0.2) is 56.9 Å². The van der Waals surface area contributed by atoms with E-state index in [0.717, 1.165) is 59.3 Å². The van der Waals surface area contributed by atoms with Crippen molar-refractivity contribution in [1.82, 2.24) is 20.2 Å². The maximum Gasteiger partial charge on any atom is 0.310 e. The molecule has 2 heterocycles. The Morgan fingerprint density at radius 2 is 1.49 bits per heavy atom. The molecule has 1 aromatic heterocycles. The van der Waals surface area contributed by atoms with Crippen LogP contribution < -0.4 is 5.32 Å². The standard InChI is InChI=1S/C43H54N4O4/c1-4-5-29-6-12-32(13-7-29)33-18-20-34(21-19-33)37-24-44-40(45-25-37)35-14-8-31(9-15-35)23-39(42(49)47-26-38(27-47)43(50)51)46-41(48)36-16-10-30(11-17-36)22-28(2)3/h8-11,14-17,20,24-25,28-29,32-33,38-39H,4-7,12-13,18-19,21-23,26-27H2,1-3H3,(H,46,48)(H,50,51). The van der Waals surface area contributed by atoms with E-state index < -0.39 is 17.9 Å². The first-order valence-electron chi connectivity index (χ1n) is 19.2. The third kappa shape index (κ3) is 9.32. The van der Waals surface area contributed by atoms with E-state index in [9.17, 15) is 19.5 Å². The number of hydrogen-bond donors (Lipinski definition) is 2. The predicted molar refractivity (Wildman–Crippen MR) is 201 cm³/mol. The number of likely N-dealkylation sites (tertiary alicyclic amines) is 1. The van der Waals surface area contributed by atoms with Crippen molar-refractivity contribution in [1.29, 1.82) is 0 Å². The highest BCUT2D eigenvalue weighted by Gasteiger charge is 2.39. The molecule has 2 amide bonds. The number of hydrogen-bond acceptors (Lipinski definition) is 5. The van der Waals surface area contributed by atoms with Crippen LogP contribution in [0.1, 0.15) is 106 Å². The van der Waals surface area contributed by atoms with Crippen LogP contribution in [0.2, 0.25) is 0 Å². The van der Waals surface area contributed by atoms with Crippen molar-refractivity contribution in [3.8, 4) is 11.4 Å². The zero-order chi connectivity index (χ0) is 35.9. The Morgan fingerprint density at radius 1 is 0.843 bits per heavy atom. The van der Waals surface area contributed by atoms with E-state index in [2.05, 4.69) is 32.2 Å². The fraction of sp³-hybridized carbons (Fsp3) is 0.512. The molecule has 2 atom stereocenters. The first-order valence-corrected chi connectivity index (χ1v) is 19.2. The van der Waals surface area contributed by atoms with Gasteiger partial charge in [0, 0.05) is 48.6 Å². The van der Waals surface area contributed by atoms with Crippen LogP contribution in [0.15, 0.2) is 67.0 Å². The quantitative estimate of drug-likeness (QED) is 0.188. The van der Waals surface area contributed by atoms with Crippen molar-refractivity contribution in [3.63, 3.8) is 0 Å². The molecule has 3 aliphatic rings. The van der Waals surface area contributed by atoms with E-state index in [1.165, 1.54) is 55.4 Å². The Hall–Kier alpha value is -4.33. The van der Waals surface area contributed by atoms with Gasteiger partial charge in [0.1, 0.15) is 6.04 Å². The molecule has 2 unspecified atom stereocenters. The van der Waals surface area contributed by atoms with E-state index in [1.807, 2.05) is 48.8 Å². The zero-order valence-corrected chi connectivity index (χ0v) is 30.5. The summed E-state index contributed by atoms with van der Waals surface area (Å²) >= 11 is 0. The minimum Gasteiger partial charge on any atom is -0.481 e. The maximum atomic E-state index is 13.5. The Kier molecular flexibility index (Phi) is 12.0. The molecule has 3 aromatic rings. The number of nitrogens with zero attached hydrogens (tertiary/aromatic N) is 3. The number of aliphatic carboxylic acids is 1. The number of carbonyl (C=O) groups excluding carboxylic acids is 2. The minimum absolute atomic E-state index is 0.147. The lowest BCUT2D eigenvalue weighted by Crippen LogP contribution is -2.59. The highest BCUT2D eigenvalue weighted by molar-refractivity contribution is 5.98. The summed E-state index contributed by atoms with van der Waals surface area (Å²) in [4.78, 5) is 49.1. The molecule has 0 radical (unpaired) electrons. The summed E-state index contributed by atoms with van der Waals surface area (Å²) in [6.07, 6.45) is 19.4. The smallest absolute Gasteiger partial charge is 0.310 e. The number of nitrogens with one attached hydrogen (secondary N) is 1. The number of amides is 2. The van der Waals surface area contributed by atoms with Gasteiger partial charge < -0.3 is 15.3 Å². The fourth-order valence-corrected chi connectivity index (χ4v) is 8.31. The first kappa shape index (κ1) is 36.5. The Balaban J connectivity index is 1.07. The summed E-state index contributed by atoms with van der Waals surface area (Å²) in [5, 5.41) is 12.3. The van der Waals surface area contributed by atoms with E-state index in [4.69, 9.17) is 9.97 Å². The van der Waals surface area contributed by atoms with Crippen molar-refractivity contribution < 1.29 is 19.5 Å². The molecule has 8 nitrogen and oxygen atoms in total. The van der Waals surface area contributed by atoms with Crippen molar-refractivity contribution in [2.45, 2.75) is 97.4 Å². The first-order chi connectivity index (χ1) is 24.7. The molecule has 1 saturated carbocycles. The molecule has 1 aliphatic heterocycles. The average molecular weight is 691 g/mol. The highest BCUT2D eigenvalue weighted by Crippen LogP contribution is 2.42. The van der Waals surface area contributed by atoms with E-state index in [-0.39, 0.29) is 31.3 Å². The van der Waals surface area contributed by atoms with Gasteiger partial charge in [-0.2, -0.15) is 0 Å². The molecule has 2 fully saturated rings. The third-order valence-electron chi connectivity index (χ3n) is 11.4. The molecule has 51 heavy (non-hydrogen) atoms. The predicted octanol–water partition coefficient (Wildman–Crippen LogP) is 8.02. The van der Waals surface area contributed by atoms with Crippen molar-refractivity contribution in [3.05, 3.63) is 89.3 Å².